The van der Waals surface area contributed by atoms with Crippen molar-refractivity contribution in [3.63, 3.8) is 0 Å². The van der Waals surface area contributed by atoms with E-state index in [0.717, 1.165) is 0 Å². The molecule has 0 radical (unpaired) electrons. The van der Waals surface area contributed by atoms with Gasteiger partial charge in [0.1, 0.15) is 0 Å². The van der Waals surface area contributed by atoms with E-state index in [9.17, 15) is 22.8 Å². The minimum absolute atomic E-state index is 0.0595. The lowest BCUT2D eigenvalue weighted by molar-refractivity contribution is -0.192. The van der Waals surface area contributed by atoms with E-state index in [4.69, 9.17) is 15.6 Å². The van der Waals surface area contributed by atoms with Crippen LogP contribution in [0.2, 0.25) is 0 Å². The van der Waals surface area contributed by atoms with Crippen LogP contribution in [0.4, 0.5) is 13.2 Å². The number of rotatable bonds is 3. The van der Waals surface area contributed by atoms with Gasteiger partial charge in [-0.2, -0.15) is 13.2 Å². The summed E-state index contributed by atoms with van der Waals surface area (Å²) in [5.74, 6) is -3.12. The third-order valence-electron chi connectivity index (χ3n) is 1.89. The number of carbonyl (C=O) groups is 3. The van der Waals surface area contributed by atoms with Crippen molar-refractivity contribution < 1.29 is 32.7 Å². The highest BCUT2D eigenvalue weighted by Gasteiger charge is 2.38. The van der Waals surface area contributed by atoms with E-state index < -0.39 is 18.2 Å². The van der Waals surface area contributed by atoms with Gasteiger partial charge in [0.25, 0.3) is 0 Å². The Balaban J connectivity index is 0. The van der Waals surface area contributed by atoms with Crippen molar-refractivity contribution in [3.8, 4) is 0 Å². The van der Waals surface area contributed by atoms with Crippen LogP contribution in [0.15, 0.2) is 0 Å². The molecular weight excluding hydrogens is 283 g/mol. The Morgan fingerprint density at radius 1 is 1.10 bits per heavy atom. The van der Waals surface area contributed by atoms with Crippen molar-refractivity contribution in [1.29, 1.82) is 0 Å². The predicted octanol–water partition coefficient (Wildman–Crippen LogP) is -0.486. The predicted molar refractivity (Wildman–Crippen MR) is 63.7 cm³/mol. The van der Waals surface area contributed by atoms with Crippen LogP contribution in [0.1, 0.15) is 6.42 Å². The Hall–Kier alpha value is -1.84. The molecular formula is C10H18F3N3O4. The lowest BCUT2D eigenvalue weighted by Crippen LogP contribution is -2.43. The number of amides is 2. The summed E-state index contributed by atoms with van der Waals surface area (Å²) in [6, 6.07) is -0.732. The molecule has 0 fully saturated rings. The van der Waals surface area contributed by atoms with Gasteiger partial charge in [-0.25, -0.2) is 4.79 Å². The summed E-state index contributed by atoms with van der Waals surface area (Å²) in [5, 5.41) is 7.12. The van der Waals surface area contributed by atoms with Crippen LogP contribution < -0.4 is 5.73 Å². The fourth-order valence-corrected chi connectivity index (χ4v) is 0.790. The number of alkyl halides is 3. The zero-order chi connectivity index (χ0) is 16.7. The number of carboxylic acids is 1. The zero-order valence-electron chi connectivity index (χ0n) is 11.6. The SMILES string of the molecule is CN(C)C(=O)C[C@H](N)C(=O)N(C)C.O=C(O)C(F)(F)F. The normalized spacial score (nSPS) is 11.8. The molecule has 0 rings (SSSR count). The monoisotopic (exact) mass is 301 g/mol. The highest BCUT2D eigenvalue weighted by atomic mass is 19.4. The van der Waals surface area contributed by atoms with Gasteiger partial charge in [-0.05, 0) is 0 Å². The standard InChI is InChI=1S/C8H17N3O2.C2HF3O2/c1-10(2)7(12)5-6(9)8(13)11(3)4;3-2(4,5)1(6)7/h6H,5,9H2,1-4H3;(H,6,7)/t6-;/m0./s1. The van der Waals surface area contributed by atoms with Gasteiger partial charge in [-0.15, -0.1) is 0 Å². The molecule has 0 bridgehead atoms. The molecule has 2 amide bonds. The van der Waals surface area contributed by atoms with Crippen LogP contribution in [-0.4, -0.2) is 73.1 Å². The van der Waals surface area contributed by atoms with Crippen molar-refractivity contribution in [2.75, 3.05) is 28.2 Å². The van der Waals surface area contributed by atoms with Gasteiger partial charge < -0.3 is 20.6 Å². The van der Waals surface area contributed by atoms with E-state index in [-0.39, 0.29) is 18.2 Å². The Labute approximate surface area is 114 Å². The van der Waals surface area contributed by atoms with Crippen LogP contribution in [0.3, 0.4) is 0 Å². The maximum absolute atomic E-state index is 11.2. The van der Waals surface area contributed by atoms with Crippen LogP contribution in [0.5, 0.6) is 0 Å². The van der Waals surface area contributed by atoms with E-state index in [2.05, 4.69) is 0 Å². The average Bonchev–Trinajstić information content (AvgIpc) is 2.26. The first-order valence-electron chi connectivity index (χ1n) is 5.27. The third kappa shape index (κ3) is 9.14. The molecule has 10 heteroatoms. The molecule has 0 aliphatic carbocycles. The second kappa shape index (κ2) is 8.35. The molecule has 3 N–H and O–H groups in total. The van der Waals surface area contributed by atoms with Gasteiger partial charge >= 0.3 is 12.1 Å². The number of likely N-dealkylation sites (N-methyl/N-ethyl adjacent to an activating group) is 1. The molecule has 20 heavy (non-hydrogen) atoms. The van der Waals surface area contributed by atoms with Gasteiger partial charge in [0.05, 0.1) is 12.5 Å². The average molecular weight is 301 g/mol. The Kier molecular flexibility index (Phi) is 8.55. The topological polar surface area (TPSA) is 104 Å². The molecule has 7 nitrogen and oxygen atoms in total. The second-order valence-corrected chi connectivity index (χ2v) is 4.13. The minimum atomic E-state index is -5.08. The summed E-state index contributed by atoms with van der Waals surface area (Å²) >= 11 is 0. The molecule has 0 aliphatic rings. The van der Waals surface area contributed by atoms with Crippen molar-refractivity contribution in [2.24, 2.45) is 5.73 Å². The quantitative estimate of drug-likeness (QED) is 0.732. The van der Waals surface area contributed by atoms with Crippen LogP contribution in [0.25, 0.3) is 0 Å². The number of halogens is 3. The van der Waals surface area contributed by atoms with E-state index >= 15 is 0 Å². The number of nitrogens with two attached hydrogens (primary N) is 1. The van der Waals surface area contributed by atoms with Gasteiger partial charge in [-0.3, -0.25) is 9.59 Å². The molecule has 0 unspecified atom stereocenters. The molecule has 118 valence electrons. The lowest BCUT2D eigenvalue weighted by Gasteiger charge is -2.18. The fourth-order valence-electron chi connectivity index (χ4n) is 0.790. The Bertz CT molecular complexity index is 356. The molecule has 0 aromatic rings. The van der Waals surface area contributed by atoms with Gasteiger partial charge in [0, 0.05) is 28.2 Å². The van der Waals surface area contributed by atoms with Crippen molar-refractivity contribution >= 4 is 17.8 Å². The molecule has 0 heterocycles. The maximum Gasteiger partial charge on any atom is 0.490 e. The number of carbonyl (C=O) groups excluding carboxylic acids is 2. The molecule has 0 aromatic carbocycles. The van der Waals surface area contributed by atoms with E-state index in [0.29, 0.717) is 0 Å². The van der Waals surface area contributed by atoms with Crippen LogP contribution in [-0.2, 0) is 14.4 Å². The smallest absolute Gasteiger partial charge is 0.475 e. The first-order chi connectivity index (χ1) is 8.80. The molecule has 1 atom stereocenters. The van der Waals surface area contributed by atoms with E-state index in [1.54, 1.807) is 28.2 Å². The van der Waals surface area contributed by atoms with Gasteiger partial charge in [-0.1, -0.05) is 0 Å². The summed E-state index contributed by atoms with van der Waals surface area (Å²) in [6.45, 7) is 0. The number of aliphatic carboxylic acids is 1. The maximum atomic E-state index is 11.2. The molecule has 0 spiro atoms. The van der Waals surface area contributed by atoms with Crippen molar-refractivity contribution in [2.45, 2.75) is 18.6 Å². The number of hydrogen-bond acceptors (Lipinski definition) is 4. The Morgan fingerprint density at radius 3 is 1.65 bits per heavy atom. The molecule has 0 saturated heterocycles. The third-order valence-corrected chi connectivity index (χ3v) is 1.89. The van der Waals surface area contributed by atoms with E-state index in [1.165, 1.54) is 9.80 Å². The van der Waals surface area contributed by atoms with Gasteiger partial charge in [0.2, 0.25) is 11.8 Å². The number of carboxylic acid groups (broad SMARTS) is 1. The lowest BCUT2D eigenvalue weighted by atomic mass is 10.2. The first kappa shape index (κ1) is 20.5. The number of hydrogen-bond donors (Lipinski definition) is 2. The second-order valence-electron chi connectivity index (χ2n) is 4.13. The largest absolute Gasteiger partial charge is 0.490 e. The van der Waals surface area contributed by atoms with Crippen LogP contribution in [0, 0.1) is 0 Å². The van der Waals surface area contributed by atoms with Gasteiger partial charge in [0.15, 0.2) is 0 Å². The molecule has 0 aromatic heterocycles. The minimum Gasteiger partial charge on any atom is -0.475 e. The zero-order valence-corrected chi connectivity index (χ0v) is 11.6. The molecule has 0 saturated carbocycles. The summed E-state index contributed by atoms with van der Waals surface area (Å²) in [6.07, 6.45) is -5.02. The first-order valence-corrected chi connectivity index (χ1v) is 5.27. The summed E-state index contributed by atoms with van der Waals surface area (Å²) in [5.41, 5.74) is 5.52. The number of nitrogens with zero attached hydrogens (tertiary/aromatic N) is 2. The van der Waals surface area contributed by atoms with Crippen LogP contribution >= 0.6 is 0 Å². The summed E-state index contributed by atoms with van der Waals surface area (Å²) < 4.78 is 31.7. The highest BCUT2D eigenvalue weighted by molar-refractivity contribution is 5.87. The summed E-state index contributed by atoms with van der Waals surface area (Å²) in [4.78, 5) is 34.1. The summed E-state index contributed by atoms with van der Waals surface area (Å²) in [7, 11) is 6.50. The Morgan fingerprint density at radius 2 is 1.45 bits per heavy atom. The molecule has 0 aliphatic heterocycles. The van der Waals surface area contributed by atoms with Crippen molar-refractivity contribution in [1.82, 2.24) is 9.80 Å². The highest BCUT2D eigenvalue weighted by Crippen LogP contribution is 2.13. The van der Waals surface area contributed by atoms with E-state index in [1.807, 2.05) is 0 Å². The van der Waals surface area contributed by atoms with Crippen molar-refractivity contribution in [3.05, 3.63) is 0 Å². The fraction of sp³-hybridized carbons (Fsp3) is 0.700.